The van der Waals surface area contributed by atoms with E-state index >= 15 is 0 Å². The predicted molar refractivity (Wildman–Crippen MR) is 77.3 cm³/mol. The second-order valence-electron chi connectivity index (χ2n) is 5.94. The lowest BCUT2D eigenvalue weighted by Crippen LogP contribution is -2.31. The van der Waals surface area contributed by atoms with Gasteiger partial charge in [0.1, 0.15) is 0 Å². The molecular formula is C16H22N2O. The van der Waals surface area contributed by atoms with Crippen LogP contribution in [-0.2, 0) is 0 Å². The number of amides is 1. The average Bonchev–Trinajstić information content (AvgIpc) is 3.07. The van der Waals surface area contributed by atoms with Crippen molar-refractivity contribution < 1.29 is 4.79 Å². The second-order valence-corrected chi connectivity index (χ2v) is 5.94. The molecule has 1 amide bonds. The summed E-state index contributed by atoms with van der Waals surface area (Å²) >= 11 is 0. The molecule has 3 atom stereocenters. The van der Waals surface area contributed by atoms with Gasteiger partial charge in [-0.3, -0.25) is 4.79 Å². The van der Waals surface area contributed by atoms with Crippen LogP contribution in [0.15, 0.2) is 24.3 Å². The van der Waals surface area contributed by atoms with Crippen LogP contribution in [0.1, 0.15) is 36.0 Å². The summed E-state index contributed by atoms with van der Waals surface area (Å²) in [6.07, 6.45) is 5.50. The van der Waals surface area contributed by atoms with E-state index in [1.807, 2.05) is 31.3 Å². The molecule has 0 heterocycles. The number of hydrogen-bond acceptors (Lipinski definition) is 2. The molecule has 2 saturated carbocycles. The molecule has 1 aromatic carbocycles. The van der Waals surface area contributed by atoms with Gasteiger partial charge in [0.2, 0.25) is 0 Å². The molecule has 102 valence electrons. The lowest BCUT2D eigenvalue weighted by atomic mass is 9.89. The number of hydrogen-bond donors (Lipinski definition) is 2. The van der Waals surface area contributed by atoms with Gasteiger partial charge < -0.3 is 10.6 Å². The molecule has 2 N–H and O–H groups in total. The Balaban J connectivity index is 1.59. The Bertz CT molecular complexity index is 472. The van der Waals surface area contributed by atoms with Crippen molar-refractivity contribution >= 4 is 11.6 Å². The number of benzene rings is 1. The lowest BCUT2D eigenvalue weighted by Gasteiger charge is -2.22. The van der Waals surface area contributed by atoms with E-state index in [0.717, 1.165) is 29.6 Å². The zero-order chi connectivity index (χ0) is 13.2. The molecule has 0 saturated heterocycles. The minimum absolute atomic E-state index is 0.0488. The first-order chi connectivity index (χ1) is 9.28. The highest BCUT2D eigenvalue weighted by molar-refractivity contribution is 5.99. The highest BCUT2D eigenvalue weighted by Gasteiger charge is 2.39. The van der Waals surface area contributed by atoms with E-state index in [1.165, 1.54) is 25.7 Å². The van der Waals surface area contributed by atoms with Crippen LogP contribution < -0.4 is 10.6 Å². The first-order valence-electron chi connectivity index (χ1n) is 7.33. The van der Waals surface area contributed by atoms with Crippen LogP contribution in [0, 0.1) is 17.8 Å². The molecule has 2 aliphatic rings. The average molecular weight is 258 g/mol. The highest BCUT2D eigenvalue weighted by Crippen LogP contribution is 2.47. The molecule has 19 heavy (non-hydrogen) atoms. The van der Waals surface area contributed by atoms with Crippen LogP contribution in [0.4, 0.5) is 5.69 Å². The molecule has 0 spiro atoms. The van der Waals surface area contributed by atoms with Crippen LogP contribution in [-0.4, -0.2) is 19.5 Å². The molecule has 3 heteroatoms. The summed E-state index contributed by atoms with van der Waals surface area (Å²) in [6, 6.07) is 7.67. The Morgan fingerprint density at radius 3 is 2.79 bits per heavy atom. The fourth-order valence-corrected chi connectivity index (χ4v) is 3.84. The summed E-state index contributed by atoms with van der Waals surface area (Å²) < 4.78 is 0. The van der Waals surface area contributed by atoms with Gasteiger partial charge in [0.05, 0.1) is 5.56 Å². The van der Waals surface area contributed by atoms with Crippen molar-refractivity contribution in [2.75, 3.05) is 18.9 Å². The summed E-state index contributed by atoms with van der Waals surface area (Å²) in [5.74, 6) is 2.57. The highest BCUT2D eigenvalue weighted by atomic mass is 16.1. The van der Waals surface area contributed by atoms with Gasteiger partial charge in [0.15, 0.2) is 0 Å². The number of carbonyl (C=O) groups excluding carboxylic acids is 1. The molecule has 0 unspecified atom stereocenters. The molecule has 2 fully saturated rings. The third-order valence-electron chi connectivity index (χ3n) is 4.85. The number of nitrogens with one attached hydrogen (secondary N) is 2. The fraction of sp³-hybridized carbons (Fsp3) is 0.562. The Kier molecular flexibility index (Phi) is 3.45. The number of fused-ring (bicyclic) bond motifs is 2. The summed E-state index contributed by atoms with van der Waals surface area (Å²) in [7, 11) is 1.85. The summed E-state index contributed by atoms with van der Waals surface area (Å²) in [5.41, 5.74) is 1.64. The van der Waals surface area contributed by atoms with Crippen LogP contribution in [0.5, 0.6) is 0 Å². The number of para-hydroxylation sites is 1. The zero-order valence-electron chi connectivity index (χ0n) is 11.5. The quantitative estimate of drug-likeness (QED) is 0.872. The summed E-state index contributed by atoms with van der Waals surface area (Å²) in [6.45, 7) is 0.845. The predicted octanol–water partition coefficient (Wildman–Crippen LogP) is 2.89. The third kappa shape index (κ3) is 2.46. The molecule has 3 nitrogen and oxygen atoms in total. The van der Waals surface area contributed by atoms with Crippen molar-refractivity contribution in [3.8, 4) is 0 Å². The molecule has 0 aliphatic heterocycles. The topological polar surface area (TPSA) is 41.1 Å². The van der Waals surface area contributed by atoms with Crippen molar-refractivity contribution in [1.82, 2.24) is 5.32 Å². The maximum atomic E-state index is 12.2. The number of rotatable bonds is 4. The Labute approximate surface area is 114 Å². The first kappa shape index (κ1) is 12.5. The van der Waals surface area contributed by atoms with E-state index in [1.54, 1.807) is 0 Å². The largest absolute Gasteiger partial charge is 0.387 e. The van der Waals surface area contributed by atoms with Crippen LogP contribution in [0.3, 0.4) is 0 Å². The molecule has 0 radical (unpaired) electrons. The van der Waals surface area contributed by atoms with E-state index in [9.17, 15) is 4.79 Å². The van der Waals surface area contributed by atoms with E-state index < -0.39 is 0 Å². The second kappa shape index (κ2) is 5.24. The number of carbonyl (C=O) groups is 1. The van der Waals surface area contributed by atoms with E-state index in [-0.39, 0.29) is 5.91 Å². The van der Waals surface area contributed by atoms with Gasteiger partial charge in [-0.15, -0.1) is 0 Å². The van der Waals surface area contributed by atoms with Gasteiger partial charge in [-0.2, -0.15) is 0 Å². The van der Waals surface area contributed by atoms with Crippen molar-refractivity contribution in [3.05, 3.63) is 29.8 Å². The van der Waals surface area contributed by atoms with Crippen molar-refractivity contribution in [2.24, 2.45) is 17.8 Å². The normalized spacial score (nSPS) is 28.4. The maximum absolute atomic E-state index is 12.2. The molecule has 3 rings (SSSR count). The molecule has 2 aliphatic carbocycles. The SMILES string of the molecule is CNc1ccccc1C(=O)NC[C@H]1C[C@H]2CC[C@@H]1C2. The molecule has 1 aromatic rings. The molecular weight excluding hydrogens is 236 g/mol. The summed E-state index contributed by atoms with van der Waals surface area (Å²) in [4.78, 5) is 12.2. The standard InChI is InChI=1S/C16H22N2O/c1-17-15-5-3-2-4-14(15)16(19)18-10-13-9-11-6-7-12(13)8-11/h2-5,11-13,17H,6-10H2,1H3,(H,18,19)/t11-,12+,13+/m0/s1. The van der Waals surface area contributed by atoms with Crippen LogP contribution >= 0.6 is 0 Å². The molecule has 0 aromatic heterocycles. The smallest absolute Gasteiger partial charge is 0.253 e. The maximum Gasteiger partial charge on any atom is 0.253 e. The van der Waals surface area contributed by atoms with Crippen LogP contribution in [0.25, 0.3) is 0 Å². The van der Waals surface area contributed by atoms with Gasteiger partial charge in [-0.1, -0.05) is 18.6 Å². The fourth-order valence-electron chi connectivity index (χ4n) is 3.84. The monoisotopic (exact) mass is 258 g/mol. The van der Waals surface area contributed by atoms with Gasteiger partial charge in [-0.05, 0) is 49.1 Å². The Morgan fingerprint density at radius 2 is 2.11 bits per heavy atom. The van der Waals surface area contributed by atoms with Gasteiger partial charge in [0.25, 0.3) is 5.91 Å². The Morgan fingerprint density at radius 1 is 1.26 bits per heavy atom. The van der Waals surface area contributed by atoms with Crippen LogP contribution in [0.2, 0.25) is 0 Å². The van der Waals surface area contributed by atoms with Gasteiger partial charge in [-0.25, -0.2) is 0 Å². The van der Waals surface area contributed by atoms with Gasteiger partial charge in [0, 0.05) is 19.3 Å². The zero-order valence-corrected chi connectivity index (χ0v) is 11.5. The van der Waals surface area contributed by atoms with E-state index in [4.69, 9.17) is 0 Å². The summed E-state index contributed by atoms with van der Waals surface area (Å²) in [5, 5.41) is 6.19. The third-order valence-corrected chi connectivity index (χ3v) is 4.85. The Hall–Kier alpha value is -1.51. The van der Waals surface area contributed by atoms with Gasteiger partial charge >= 0.3 is 0 Å². The van der Waals surface area contributed by atoms with Crippen molar-refractivity contribution in [2.45, 2.75) is 25.7 Å². The number of anilines is 1. The van der Waals surface area contributed by atoms with Crippen molar-refractivity contribution in [3.63, 3.8) is 0 Å². The molecule has 2 bridgehead atoms. The first-order valence-corrected chi connectivity index (χ1v) is 7.33. The minimum Gasteiger partial charge on any atom is -0.387 e. The minimum atomic E-state index is 0.0488. The van der Waals surface area contributed by atoms with E-state index in [0.29, 0.717) is 5.92 Å². The van der Waals surface area contributed by atoms with Crippen molar-refractivity contribution in [1.29, 1.82) is 0 Å². The van der Waals surface area contributed by atoms with E-state index in [2.05, 4.69) is 10.6 Å². The lowest BCUT2D eigenvalue weighted by molar-refractivity contribution is 0.0942.